The van der Waals surface area contributed by atoms with Crippen molar-refractivity contribution in [2.75, 3.05) is 6.54 Å². The second kappa shape index (κ2) is 6.42. The molecule has 1 aliphatic rings. The van der Waals surface area contributed by atoms with Crippen molar-refractivity contribution in [3.8, 4) is 0 Å². The van der Waals surface area contributed by atoms with Gasteiger partial charge in [-0.15, -0.1) is 0 Å². The van der Waals surface area contributed by atoms with Gasteiger partial charge in [0.2, 0.25) is 0 Å². The van der Waals surface area contributed by atoms with Crippen LogP contribution in [0.25, 0.3) is 0 Å². The molecule has 1 aliphatic carbocycles. The van der Waals surface area contributed by atoms with Crippen molar-refractivity contribution >= 4 is 0 Å². The van der Waals surface area contributed by atoms with Gasteiger partial charge in [0.1, 0.15) is 0 Å². The van der Waals surface area contributed by atoms with Crippen LogP contribution in [0.1, 0.15) is 58.3 Å². The maximum absolute atomic E-state index is 5.44. The third-order valence-electron chi connectivity index (χ3n) is 3.26. The average molecular weight is 183 g/mol. The summed E-state index contributed by atoms with van der Waals surface area (Å²) in [7, 11) is 0. The predicted molar refractivity (Wildman–Crippen MR) is 58.6 cm³/mol. The molecule has 1 fully saturated rings. The molecule has 2 atom stereocenters. The van der Waals surface area contributed by atoms with Crippen molar-refractivity contribution in [3.05, 3.63) is 0 Å². The van der Waals surface area contributed by atoms with Crippen LogP contribution in [-0.4, -0.2) is 6.54 Å². The van der Waals surface area contributed by atoms with Crippen LogP contribution in [0, 0.1) is 11.8 Å². The molecule has 1 heteroatoms. The van der Waals surface area contributed by atoms with E-state index in [2.05, 4.69) is 6.92 Å². The first kappa shape index (κ1) is 11.0. The van der Waals surface area contributed by atoms with E-state index in [0.29, 0.717) is 0 Å². The summed E-state index contributed by atoms with van der Waals surface area (Å²) in [5.41, 5.74) is 5.44. The molecule has 0 aromatic heterocycles. The Bertz CT molecular complexity index is 122. The van der Waals surface area contributed by atoms with Crippen LogP contribution in [-0.2, 0) is 0 Å². The van der Waals surface area contributed by atoms with E-state index in [1.165, 1.54) is 51.4 Å². The monoisotopic (exact) mass is 183 g/mol. The summed E-state index contributed by atoms with van der Waals surface area (Å²) in [5, 5.41) is 0. The molecule has 78 valence electrons. The Balaban J connectivity index is 1.80. The fourth-order valence-corrected chi connectivity index (χ4v) is 2.29. The molecule has 0 amide bonds. The Labute approximate surface area is 83.1 Å². The summed E-state index contributed by atoms with van der Waals surface area (Å²) in [6.07, 6.45) is 11.3. The van der Waals surface area contributed by atoms with Crippen LogP contribution < -0.4 is 5.73 Å². The fourth-order valence-electron chi connectivity index (χ4n) is 2.29. The minimum absolute atomic E-state index is 0.877. The maximum Gasteiger partial charge on any atom is -0.00773 e. The Kier molecular flexibility index (Phi) is 5.45. The van der Waals surface area contributed by atoms with Gasteiger partial charge < -0.3 is 5.73 Å². The van der Waals surface area contributed by atoms with E-state index in [-0.39, 0.29) is 0 Å². The van der Waals surface area contributed by atoms with Crippen molar-refractivity contribution in [1.29, 1.82) is 0 Å². The molecule has 0 spiro atoms. The Morgan fingerprint density at radius 3 is 2.38 bits per heavy atom. The highest BCUT2D eigenvalue weighted by molar-refractivity contribution is 4.85. The van der Waals surface area contributed by atoms with Gasteiger partial charge in [0.05, 0.1) is 0 Å². The summed E-state index contributed by atoms with van der Waals surface area (Å²) >= 11 is 0. The van der Waals surface area contributed by atoms with Gasteiger partial charge in [-0.3, -0.25) is 0 Å². The molecule has 0 heterocycles. The molecule has 1 nitrogen and oxygen atoms in total. The van der Waals surface area contributed by atoms with E-state index in [4.69, 9.17) is 5.73 Å². The first-order valence-electron chi connectivity index (χ1n) is 6.08. The standard InChI is InChI=1S/C12H25N/c1-2-7-11-10-12(11)8-5-3-4-6-9-13/h11-12H,2-10,13H2,1H3. The minimum Gasteiger partial charge on any atom is -0.330 e. The fraction of sp³-hybridized carbons (Fsp3) is 1.00. The molecular formula is C12H25N. The lowest BCUT2D eigenvalue weighted by atomic mass is 10.1. The average Bonchev–Trinajstić information content (AvgIpc) is 2.84. The van der Waals surface area contributed by atoms with E-state index in [9.17, 15) is 0 Å². The van der Waals surface area contributed by atoms with Gasteiger partial charge in [0, 0.05) is 0 Å². The molecule has 0 aliphatic heterocycles. The molecule has 1 saturated carbocycles. The van der Waals surface area contributed by atoms with Crippen molar-refractivity contribution in [2.24, 2.45) is 17.6 Å². The van der Waals surface area contributed by atoms with E-state index in [1.54, 1.807) is 0 Å². The first-order chi connectivity index (χ1) is 6.38. The SMILES string of the molecule is CCCC1CC1CCCCCCN. The lowest BCUT2D eigenvalue weighted by Gasteiger charge is -1.99. The Hall–Kier alpha value is -0.0400. The first-order valence-corrected chi connectivity index (χ1v) is 6.08. The maximum atomic E-state index is 5.44. The summed E-state index contributed by atoms with van der Waals surface area (Å²) in [6, 6.07) is 0. The molecule has 1 rings (SSSR count). The molecule has 2 N–H and O–H groups in total. The summed E-state index contributed by atoms with van der Waals surface area (Å²) in [5.74, 6) is 2.22. The highest BCUT2D eigenvalue weighted by atomic mass is 14.5. The van der Waals surface area contributed by atoms with Crippen molar-refractivity contribution in [1.82, 2.24) is 0 Å². The van der Waals surface area contributed by atoms with Crippen LogP contribution in [0.15, 0.2) is 0 Å². The predicted octanol–water partition coefficient (Wildman–Crippen LogP) is 3.33. The van der Waals surface area contributed by atoms with Gasteiger partial charge in [0.25, 0.3) is 0 Å². The van der Waals surface area contributed by atoms with Crippen molar-refractivity contribution < 1.29 is 0 Å². The normalized spacial score (nSPS) is 26.3. The quantitative estimate of drug-likeness (QED) is 0.574. The molecule has 0 bridgehead atoms. The molecule has 0 aromatic rings. The molecule has 0 saturated heterocycles. The van der Waals surface area contributed by atoms with Gasteiger partial charge in [-0.25, -0.2) is 0 Å². The number of nitrogens with two attached hydrogens (primary N) is 1. The van der Waals surface area contributed by atoms with Crippen LogP contribution >= 0.6 is 0 Å². The third-order valence-corrected chi connectivity index (χ3v) is 3.26. The molecule has 0 radical (unpaired) electrons. The van der Waals surface area contributed by atoms with Crippen LogP contribution in [0.3, 0.4) is 0 Å². The van der Waals surface area contributed by atoms with Crippen molar-refractivity contribution in [2.45, 2.75) is 58.3 Å². The zero-order valence-electron chi connectivity index (χ0n) is 9.10. The third kappa shape index (κ3) is 4.66. The van der Waals surface area contributed by atoms with Crippen molar-refractivity contribution in [3.63, 3.8) is 0 Å². The topological polar surface area (TPSA) is 26.0 Å². The summed E-state index contributed by atoms with van der Waals surface area (Å²) in [6.45, 7) is 3.18. The van der Waals surface area contributed by atoms with Crippen LogP contribution in [0.4, 0.5) is 0 Å². The lowest BCUT2D eigenvalue weighted by molar-refractivity contribution is 0.546. The highest BCUT2D eigenvalue weighted by Gasteiger charge is 2.34. The highest BCUT2D eigenvalue weighted by Crippen LogP contribution is 2.45. The van der Waals surface area contributed by atoms with Gasteiger partial charge in [-0.2, -0.15) is 0 Å². The number of rotatable bonds is 8. The Morgan fingerprint density at radius 2 is 1.69 bits per heavy atom. The largest absolute Gasteiger partial charge is 0.330 e. The van der Waals surface area contributed by atoms with E-state index >= 15 is 0 Å². The van der Waals surface area contributed by atoms with Gasteiger partial charge in [-0.1, -0.05) is 45.4 Å². The Morgan fingerprint density at radius 1 is 1.00 bits per heavy atom. The van der Waals surface area contributed by atoms with E-state index in [1.807, 2.05) is 0 Å². The molecule has 0 aromatic carbocycles. The molecule has 13 heavy (non-hydrogen) atoms. The second-order valence-corrected chi connectivity index (χ2v) is 4.54. The minimum atomic E-state index is 0.877. The van der Waals surface area contributed by atoms with Crippen LogP contribution in [0.2, 0.25) is 0 Å². The number of unbranched alkanes of at least 4 members (excludes halogenated alkanes) is 3. The van der Waals surface area contributed by atoms with Gasteiger partial charge >= 0.3 is 0 Å². The zero-order valence-corrected chi connectivity index (χ0v) is 9.10. The lowest BCUT2D eigenvalue weighted by Crippen LogP contribution is -1.97. The molecule has 2 unspecified atom stereocenters. The zero-order chi connectivity index (χ0) is 9.52. The summed E-state index contributed by atoms with van der Waals surface area (Å²) in [4.78, 5) is 0. The van der Waals surface area contributed by atoms with Gasteiger partial charge in [-0.05, 0) is 31.2 Å². The van der Waals surface area contributed by atoms with E-state index in [0.717, 1.165) is 18.4 Å². The van der Waals surface area contributed by atoms with E-state index < -0.39 is 0 Å². The number of hydrogen-bond donors (Lipinski definition) is 1. The smallest absolute Gasteiger partial charge is 0.00773 e. The summed E-state index contributed by atoms with van der Waals surface area (Å²) < 4.78 is 0. The number of hydrogen-bond acceptors (Lipinski definition) is 1. The molecular weight excluding hydrogens is 158 g/mol. The van der Waals surface area contributed by atoms with Gasteiger partial charge in [0.15, 0.2) is 0 Å². The second-order valence-electron chi connectivity index (χ2n) is 4.54. The van der Waals surface area contributed by atoms with Crippen LogP contribution in [0.5, 0.6) is 0 Å².